The highest BCUT2D eigenvalue weighted by Crippen LogP contribution is 2.12. The first-order chi connectivity index (χ1) is 10.1. The monoisotopic (exact) mass is 288 g/mol. The van der Waals surface area contributed by atoms with Crippen molar-refractivity contribution in [2.24, 2.45) is 0 Å². The van der Waals surface area contributed by atoms with Crippen molar-refractivity contribution in [3.05, 3.63) is 58.4 Å². The molecule has 1 heterocycles. The molecule has 0 aliphatic carbocycles. The third kappa shape index (κ3) is 4.72. The molecule has 2 aromatic rings. The number of aryl methyl sites for hydroxylation is 1. The number of nitro groups is 1. The van der Waals surface area contributed by atoms with Gasteiger partial charge >= 0.3 is 0 Å². The highest BCUT2D eigenvalue weighted by atomic mass is 16.6. The zero-order valence-electron chi connectivity index (χ0n) is 11.4. The fourth-order valence-electron chi connectivity index (χ4n) is 1.88. The van der Waals surface area contributed by atoms with Crippen LogP contribution < -0.4 is 5.32 Å². The van der Waals surface area contributed by atoms with Gasteiger partial charge in [0.1, 0.15) is 0 Å². The van der Waals surface area contributed by atoms with Crippen molar-refractivity contribution < 1.29 is 9.72 Å². The molecule has 1 aromatic carbocycles. The summed E-state index contributed by atoms with van der Waals surface area (Å²) in [5, 5.41) is 17.4. The molecular formula is C14H16N4O3. The van der Waals surface area contributed by atoms with Gasteiger partial charge in [-0.05, 0) is 18.1 Å². The van der Waals surface area contributed by atoms with E-state index in [1.54, 1.807) is 18.3 Å². The summed E-state index contributed by atoms with van der Waals surface area (Å²) in [6.07, 6.45) is 4.61. The summed E-state index contributed by atoms with van der Waals surface area (Å²) >= 11 is 0. The van der Waals surface area contributed by atoms with Crippen LogP contribution in [0.15, 0.2) is 42.7 Å². The number of carbonyl (C=O) groups is 1. The van der Waals surface area contributed by atoms with Gasteiger partial charge in [-0.3, -0.25) is 19.6 Å². The quantitative estimate of drug-likeness (QED) is 0.475. The maximum absolute atomic E-state index is 11.7. The number of nitrogens with zero attached hydrogens (tertiary/aromatic N) is 3. The van der Waals surface area contributed by atoms with E-state index in [-0.39, 0.29) is 18.0 Å². The predicted octanol–water partition coefficient (Wildman–Crippen LogP) is 1.54. The third-order valence-electron chi connectivity index (χ3n) is 2.96. The lowest BCUT2D eigenvalue weighted by Crippen LogP contribution is -2.26. The standard InChI is InChI=1S/C14H16N4O3/c19-14(15-7-1-9-17-10-2-8-16-17)11-12-3-5-13(6-4-12)18(20)21/h2-6,8,10H,1,7,9,11H2,(H,15,19). The third-order valence-corrected chi connectivity index (χ3v) is 2.96. The Morgan fingerprint density at radius 1 is 1.33 bits per heavy atom. The van der Waals surface area contributed by atoms with E-state index in [0.29, 0.717) is 6.54 Å². The summed E-state index contributed by atoms with van der Waals surface area (Å²) in [7, 11) is 0. The van der Waals surface area contributed by atoms with Gasteiger partial charge in [-0.1, -0.05) is 12.1 Å². The summed E-state index contributed by atoms with van der Waals surface area (Å²) in [5.74, 6) is -0.0932. The van der Waals surface area contributed by atoms with Gasteiger partial charge < -0.3 is 5.32 Å². The van der Waals surface area contributed by atoms with Crippen molar-refractivity contribution in [3.8, 4) is 0 Å². The fourth-order valence-corrected chi connectivity index (χ4v) is 1.88. The van der Waals surface area contributed by atoms with E-state index in [4.69, 9.17) is 0 Å². The van der Waals surface area contributed by atoms with Gasteiger partial charge in [0.05, 0.1) is 11.3 Å². The molecule has 1 amide bonds. The highest BCUT2D eigenvalue weighted by molar-refractivity contribution is 5.78. The van der Waals surface area contributed by atoms with Crippen LogP contribution in [0.1, 0.15) is 12.0 Å². The number of non-ortho nitro benzene ring substituents is 1. The number of nitrogens with one attached hydrogen (secondary N) is 1. The van der Waals surface area contributed by atoms with Crippen LogP contribution in [0, 0.1) is 10.1 Å². The smallest absolute Gasteiger partial charge is 0.269 e. The molecule has 2 rings (SSSR count). The topological polar surface area (TPSA) is 90.1 Å². The first-order valence-electron chi connectivity index (χ1n) is 6.62. The van der Waals surface area contributed by atoms with Gasteiger partial charge in [-0.2, -0.15) is 5.10 Å². The fraction of sp³-hybridized carbons (Fsp3) is 0.286. The molecular weight excluding hydrogens is 272 g/mol. The Bertz CT molecular complexity index is 593. The van der Waals surface area contributed by atoms with Crippen LogP contribution in [0.2, 0.25) is 0 Å². The van der Waals surface area contributed by atoms with E-state index in [0.717, 1.165) is 18.5 Å². The summed E-state index contributed by atoms with van der Waals surface area (Å²) in [4.78, 5) is 21.8. The molecule has 0 bridgehead atoms. The lowest BCUT2D eigenvalue weighted by Gasteiger charge is -2.05. The SMILES string of the molecule is O=C(Cc1ccc([N+](=O)[O-])cc1)NCCCn1cccn1. The Morgan fingerprint density at radius 3 is 2.71 bits per heavy atom. The lowest BCUT2D eigenvalue weighted by atomic mass is 10.1. The predicted molar refractivity (Wildman–Crippen MR) is 76.7 cm³/mol. The number of hydrogen-bond donors (Lipinski definition) is 1. The van der Waals surface area contributed by atoms with Crippen molar-refractivity contribution in [3.63, 3.8) is 0 Å². The molecule has 7 nitrogen and oxygen atoms in total. The largest absolute Gasteiger partial charge is 0.356 e. The molecule has 0 saturated heterocycles. The molecule has 0 saturated carbocycles. The summed E-state index contributed by atoms with van der Waals surface area (Å²) in [6.45, 7) is 1.33. The van der Waals surface area contributed by atoms with Gasteiger partial charge in [0.25, 0.3) is 5.69 Å². The second-order valence-electron chi connectivity index (χ2n) is 4.57. The molecule has 0 aliphatic rings. The number of benzene rings is 1. The number of rotatable bonds is 7. The number of carbonyl (C=O) groups excluding carboxylic acids is 1. The molecule has 1 N–H and O–H groups in total. The summed E-state index contributed by atoms with van der Waals surface area (Å²) in [6, 6.07) is 7.86. The average Bonchev–Trinajstić information content (AvgIpc) is 2.97. The van der Waals surface area contributed by atoms with Crippen molar-refractivity contribution in [2.45, 2.75) is 19.4 Å². The van der Waals surface area contributed by atoms with E-state index < -0.39 is 4.92 Å². The van der Waals surface area contributed by atoms with Gasteiger partial charge in [-0.25, -0.2) is 0 Å². The maximum Gasteiger partial charge on any atom is 0.269 e. The number of nitro benzene ring substituents is 1. The highest BCUT2D eigenvalue weighted by Gasteiger charge is 2.06. The van der Waals surface area contributed by atoms with E-state index in [9.17, 15) is 14.9 Å². The molecule has 0 spiro atoms. The first kappa shape index (κ1) is 14.7. The average molecular weight is 288 g/mol. The minimum absolute atomic E-state index is 0.0263. The Kier molecular flexibility index (Phi) is 5.03. The van der Waals surface area contributed by atoms with E-state index in [1.807, 2.05) is 16.9 Å². The molecule has 110 valence electrons. The maximum atomic E-state index is 11.7. The zero-order valence-corrected chi connectivity index (χ0v) is 11.4. The molecule has 0 fully saturated rings. The van der Waals surface area contributed by atoms with Gasteiger partial charge in [0, 0.05) is 37.6 Å². The Labute approximate surface area is 121 Å². The Balaban J connectivity index is 1.70. The Hall–Kier alpha value is -2.70. The number of aromatic nitrogens is 2. The molecule has 0 radical (unpaired) electrons. The second kappa shape index (κ2) is 7.18. The van der Waals surface area contributed by atoms with E-state index in [1.165, 1.54) is 12.1 Å². The van der Waals surface area contributed by atoms with E-state index in [2.05, 4.69) is 10.4 Å². The van der Waals surface area contributed by atoms with Gasteiger partial charge in [0.15, 0.2) is 0 Å². The van der Waals surface area contributed by atoms with Crippen LogP contribution in [0.25, 0.3) is 0 Å². The Morgan fingerprint density at radius 2 is 2.10 bits per heavy atom. The minimum Gasteiger partial charge on any atom is -0.356 e. The van der Waals surface area contributed by atoms with Crippen LogP contribution in [0.5, 0.6) is 0 Å². The number of hydrogen-bond acceptors (Lipinski definition) is 4. The second-order valence-corrected chi connectivity index (χ2v) is 4.57. The van der Waals surface area contributed by atoms with Gasteiger partial charge in [-0.15, -0.1) is 0 Å². The molecule has 0 aliphatic heterocycles. The van der Waals surface area contributed by atoms with Crippen LogP contribution in [-0.2, 0) is 17.8 Å². The van der Waals surface area contributed by atoms with Crippen LogP contribution in [-0.4, -0.2) is 27.2 Å². The van der Waals surface area contributed by atoms with Crippen LogP contribution in [0.4, 0.5) is 5.69 Å². The zero-order chi connectivity index (χ0) is 15.1. The normalized spacial score (nSPS) is 10.3. The van der Waals surface area contributed by atoms with Crippen LogP contribution in [0.3, 0.4) is 0 Å². The molecule has 1 aromatic heterocycles. The van der Waals surface area contributed by atoms with E-state index >= 15 is 0 Å². The molecule has 21 heavy (non-hydrogen) atoms. The van der Waals surface area contributed by atoms with Crippen molar-refractivity contribution in [2.75, 3.05) is 6.54 Å². The summed E-state index contributed by atoms with van der Waals surface area (Å²) in [5.41, 5.74) is 0.781. The number of amides is 1. The summed E-state index contributed by atoms with van der Waals surface area (Å²) < 4.78 is 1.81. The van der Waals surface area contributed by atoms with Gasteiger partial charge in [0.2, 0.25) is 5.91 Å². The van der Waals surface area contributed by atoms with Crippen LogP contribution >= 0.6 is 0 Å². The molecule has 7 heteroatoms. The van der Waals surface area contributed by atoms with Crippen molar-refractivity contribution >= 4 is 11.6 Å². The molecule has 0 unspecified atom stereocenters. The van der Waals surface area contributed by atoms with Crippen molar-refractivity contribution in [1.82, 2.24) is 15.1 Å². The molecule has 0 atom stereocenters. The first-order valence-corrected chi connectivity index (χ1v) is 6.62. The van der Waals surface area contributed by atoms with Crippen molar-refractivity contribution in [1.29, 1.82) is 0 Å². The lowest BCUT2D eigenvalue weighted by molar-refractivity contribution is -0.384. The minimum atomic E-state index is -0.459.